The predicted molar refractivity (Wildman–Crippen MR) is 112 cm³/mol. The first kappa shape index (κ1) is 19.0. The first-order valence-corrected chi connectivity index (χ1v) is 9.76. The van der Waals surface area contributed by atoms with Crippen LogP contribution < -0.4 is 9.80 Å². The van der Waals surface area contributed by atoms with Gasteiger partial charge in [-0.15, -0.1) is 5.10 Å². The summed E-state index contributed by atoms with van der Waals surface area (Å²) in [6.07, 6.45) is 0. The van der Waals surface area contributed by atoms with Crippen LogP contribution in [-0.2, 0) is 0 Å². The zero-order chi connectivity index (χ0) is 19.2. The summed E-state index contributed by atoms with van der Waals surface area (Å²) in [4.78, 5) is 4.64. The van der Waals surface area contributed by atoms with Gasteiger partial charge in [0.15, 0.2) is 5.76 Å². The standard InChI is InChI=1S/C22H28N4O/c1-5-25(6-2)19-15-11-9-13-17(19)21-22(27-24-23-21)18-14-10-12-16-20(18)26(7-3)8-4/h9-16H,5-8H2,1-4H3. The van der Waals surface area contributed by atoms with Gasteiger partial charge in [0.25, 0.3) is 0 Å². The van der Waals surface area contributed by atoms with Crippen LogP contribution in [0.5, 0.6) is 0 Å². The van der Waals surface area contributed by atoms with Crippen molar-refractivity contribution < 1.29 is 4.52 Å². The van der Waals surface area contributed by atoms with Gasteiger partial charge in [0.2, 0.25) is 0 Å². The summed E-state index contributed by atoms with van der Waals surface area (Å²) >= 11 is 0. The quantitative estimate of drug-likeness (QED) is 0.557. The lowest BCUT2D eigenvalue weighted by Gasteiger charge is -2.24. The van der Waals surface area contributed by atoms with E-state index < -0.39 is 0 Å². The molecule has 0 aliphatic heterocycles. The molecular weight excluding hydrogens is 336 g/mol. The molecule has 0 radical (unpaired) electrons. The Morgan fingerprint density at radius 1 is 0.704 bits per heavy atom. The lowest BCUT2D eigenvalue weighted by Crippen LogP contribution is -2.23. The van der Waals surface area contributed by atoms with Gasteiger partial charge < -0.3 is 14.3 Å². The second-order valence-electron chi connectivity index (χ2n) is 6.33. The lowest BCUT2D eigenvalue weighted by molar-refractivity contribution is 0.403. The van der Waals surface area contributed by atoms with Crippen molar-refractivity contribution in [3.05, 3.63) is 48.5 Å². The number of nitrogens with zero attached hydrogens (tertiary/aromatic N) is 4. The Bertz CT molecular complexity index is 796. The van der Waals surface area contributed by atoms with E-state index in [1.807, 2.05) is 12.1 Å². The maximum atomic E-state index is 5.68. The fourth-order valence-electron chi connectivity index (χ4n) is 3.56. The van der Waals surface area contributed by atoms with Gasteiger partial charge in [-0.1, -0.05) is 30.3 Å². The second-order valence-corrected chi connectivity index (χ2v) is 6.33. The summed E-state index contributed by atoms with van der Waals surface area (Å²) in [5, 5.41) is 8.28. The van der Waals surface area contributed by atoms with Crippen molar-refractivity contribution in [2.75, 3.05) is 36.0 Å². The number of anilines is 2. The topological polar surface area (TPSA) is 45.4 Å². The molecule has 0 amide bonds. The van der Waals surface area contributed by atoms with E-state index in [0.717, 1.165) is 60.1 Å². The van der Waals surface area contributed by atoms with Crippen LogP contribution in [0, 0.1) is 0 Å². The van der Waals surface area contributed by atoms with Gasteiger partial charge >= 0.3 is 0 Å². The van der Waals surface area contributed by atoms with E-state index in [-0.39, 0.29) is 0 Å². The van der Waals surface area contributed by atoms with E-state index >= 15 is 0 Å². The van der Waals surface area contributed by atoms with Crippen LogP contribution in [-0.4, -0.2) is 36.5 Å². The minimum atomic E-state index is 0.720. The monoisotopic (exact) mass is 364 g/mol. The first-order valence-electron chi connectivity index (χ1n) is 9.76. The summed E-state index contributed by atoms with van der Waals surface area (Å²) in [5.74, 6) is 0.720. The molecule has 0 unspecified atom stereocenters. The van der Waals surface area contributed by atoms with Crippen LogP contribution in [0.2, 0.25) is 0 Å². The summed E-state index contributed by atoms with van der Waals surface area (Å²) in [6.45, 7) is 12.4. The summed E-state index contributed by atoms with van der Waals surface area (Å²) in [7, 11) is 0. The molecule has 0 saturated heterocycles. The maximum Gasteiger partial charge on any atom is 0.197 e. The van der Waals surface area contributed by atoms with Crippen LogP contribution in [0.15, 0.2) is 53.1 Å². The van der Waals surface area contributed by atoms with Gasteiger partial charge in [0, 0.05) is 54.0 Å². The molecule has 0 fully saturated rings. The van der Waals surface area contributed by atoms with E-state index in [0.29, 0.717) is 0 Å². The minimum Gasteiger partial charge on any atom is -0.372 e. The summed E-state index contributed by atoms with van der Waals surface area (Å²) in [6, 6.07) is 16.6. The van der Waals surface area contributed by atoms with E-state index in [1.54, 1.807) is 0 Å². The SMILES string of the molecule is CCN(CC)c1ccccc1-c1nnoc1-c1ccccc1N(CC)CC. The Labute approximate surface area is 161 Å². The average Bonchev–Trinajstić information content (AvgIpc) is 3.20. The Morgan fingerprint density at radius 2 is 1.19 bits per heavy atom. The summed E-state index contributed by atoms with van der Waals surface area (Å²) in [5.41, 5.74) is 5.15. The number of rotatable bonds is 8. The van der Waals surface area contributed by atoms with Crippen molar-refractivity contribution in [2.24, 2.45) is 0 Å². The highest BCUT2D eigenvalue weighted by Gasteiger charge is 2.22. The van der Waals surface area contributed by atoms with E-state index in [2.05, 4.69) is 84.3 Å². The normalized spacial score (nSPS) is 10.8. The molecule has 3 aromatic rings. The molecular formula is C22H28N4O. The Balaban J connectivity index is 2.15. The molecule has 0 aliphatic carbocycles. The molecule has 27 heavy (non-hydrogen) atoms. The molecule has 0 N–H and O–H groups in total. The molecule has 0 atom stereocenters. The number of aromatic nitrogens is 2. The van der Waals surface area contributed by atoms with E-state index in [1.165, 1.54) is 0 Å². The number of hydrogen-bond acceptors (Lipinski definition) is 5. The van der Waals surface area contributed by atoms with Crippen LogP contribution in [0.3, 0.4) is 0 Å². The van der Waals surface area contributed by atoms with Crippen molar-refractivity contribution in [1.29, 1.82) is 0 Å². The Hall–Kier alpha value is -2.82. The van der Waals surface area contributed by atoms with Crippen molar-refractivity contribution in [3.63, 3.8) is 0 Å². The molecule has 3 rings (SSSR count). The zero-order valence-corrected chi connectivity index (χ0v) is 16.6. The third-order valence-electron chi connectivity index (χ3n) is 5.00. The zero-order valence-electron chi connectivity index (χ0n) is 16.6. The molecule has 0 spiro atoms. The molecule has 5 heteroatoms. The maximum absolute atomic E-state index is 5.68. The smallest absolute Gasteiger partial charge is 0.197 e. The van der Waals surface area contributed by atoms with Crippen LogP contribution in [0.1, 0.15) is 27.7 Å². The lowest BCUT2D eigenvalue weighted by atomic mass is 10.0. The van der Waals surface area contributed by atoms with Crippen LogP contribution >= 0.6 is 0 Å². The number of para-hydroxylation sites is 2. The number of benzene rings is 2. The van der Waals surface area contributed by atoms with Gasteiger partial charge in [-0.2, -0.15) is 0 Å². The van der Waals surface area contributed by atoms with Gasteiger partial charge in [0.05, 0.1) is 0 Å². The predicted octanol–water partition coefficient (Wildman–Crippen LogP) is 5.10. The Kier molecular flexibility index (Phi) is 6.12. The molecule has 1 aromatic heterocycles. The highest BCUT2D eigenvalue weighted by atomic mass is 16.5. The van der Waals surface area contributed by atoms with Gasteiger partial charge in [-0.05, 0) is 45.9 Å². The molecule has 0 saturated carbocycles. The van der Waals surface area contributed by atoms with E-state index in [4.69, 9.17) is 4.52 Å². The Morgan fingerprint density at radius 3 is 1.74 bits per heavy atom. The van der Waals surface area contributed by atoms with Crippen LogP contribution in [0.4, 0.5) is 11.4 Å². The largest absolute Gasteiger partial charge is 0.372 e. The fraction of sp³-hybridized carbons (Fsp3) is 0.364. The van der Waals surface area contributed by atoms with Gasteiger partial charge in [0.1, 0.15) is 5.69 Å². The highest BCUT2D eigenvalue weighted by molar-refractivity contribution is 5.88. The van der Waals surface area contributed by atoms with E-state index in [9.17, 15) is 0 Å². The highest BCUT2D eigenvalue weighted by Crippen LogP contribution is 2.39. The molecule has 1 heterocycles. The second kappa shape index (κ2) is 8.71. The minimum absolute atomic E-state index is 0.720. The van der Waals surface area contributed by atoms with Gasteiger partial charge in [-0.25, -0.2) is 0 Å². The molecule has 2 aromatic carbocycles. The summed E-state index contributed by atoms with van der Waals surface area (Å²) < 4.78 is 5.68. The van der Waals surface area contributed by atoms with Crippen molar-refractivity contribution in [2.45, 2.75) is 27.7 Å². The van der Waals surface area contributed by atoms with Crippen LogP contribution in [0.25, 0.3) is 22.6 Å². The third-order valence-corrected chi connectivity index (χ3v) is 5.00. The number of hydrogen-bond donors (Lipinski definition) is 0. The first-order chi connectivity index (χ1) is 13.2. The molecule has 0 bridgehead atoms. The van der Waals surface area contributed by atoms with Gasteiger partial charge in [-0.3, -0.25) is 0 Å². The fourth-order valence-corrected chi connectivity index (χ4v) is 3.56. The molecule has 142 valence electrons. The van der Waals surface area contributed by atoms with Crippen molar-refractivity contribution in [3.8, 4) is 22.6 Å². The van der Waals surface area contributed by atoms with Crippen molar-refractivity contribution >= 4 is 11.4 Å². The van der Waals surface area contributed by atoms with Crippen molar-refractivity contribution in [1.82, 2.24) is 10.4 Å². The average molecular weight is 364 g/mol. The molecule has 0 aliphatic rings. The third kappa shape index (κ3) is 3.68. The molecule has 5 nitrogen and oxygen atoms in total.